The van der Waals surface area contributed by atoms with Crippen LogP contribution >= 0.6 is 15.9 Å². The van der Waals surface area contributed by atoms with Gasteiger partial charge in [0.15, 0.2) is 6.61 Å². The highest BCUT2D eigenvalue weighted by atomic mass is 79.9. The summed E-state index contributed by atoms with van der Waals surface area (Å²) in [6, 6.07) is 9.59. The monoisotopic (exact) mass is 472 g/mol. The van der Waals surface area contributed by atoms with E-state index in [0.29, 0.717) is 5.69 Å². The Hall–Kier alpha value is -2.67. The third kappa shape index (κ3) is 4.90. The molecule has 1 fully saturated rings. The van der Waals surface area contributed by atoms with E-state index in [9.17, 15) is 14.4 Å². The Labute approximate surface area is 184 Å². The molecule has 6 nitrogen and oxygen atoms in total. The number of rotatable bonds is 5. The molecule has 30 heavy (non-hydrogen) atoms. The molecule has 2 aromatic carbocycles. The summed E-state index contributed by atoms with van der Waals surface area (Å²) in [5.74, 6) is -1.64. The molecule has 0 radical (unpaired) electrons. The van der Waals surface area contributed by atoms with Gasteiger partial charge in [-0.2, -0.15) is 0 Å². The van der Waals surface area contributed by atoms with Crippen LogP contribution in [0.25, 0.3) is 0 Å². The van der Waals surface area contributed by atoms with Crippen molar-refractivity contribution in [1.29, 1.82) is 0 Å². The first-order chi connectivity index (χ1) is 14.2. The number of anilines is 2. The van der Waals surface area contributed by atoms with Crippen LogP contribution in [0.3, 0.4) is 0 Å². The predicted molar refractivity (Wildman–Crippen MR) is 120 cm³/mol. The molecule has 1 saturated heterocycles. The molecule has 0 unspecified atom stereocenters. The number of hydrogen-bond donors (Lipinski definition) is 1. The summed E-state index contributed by atoms with van der Waals surface area (Å²) in [4.78, 5) is 38.7. The summed E-state index contributed by atoms with van der Waals surface area (Å²) < 4.78 is 6.13. The number of nitrogens with one attached hydrogen (secondary N) is 1. The van der Waals surface area contributed by atoms with Crippen molar-refractivity contribution in [3.63, 3.8) is 0 Å². The molecule has 0 saturated carbocycles. The number of ether oxygens (including phenoxy) is 1. The van der Waals surface area contributed by atoms with Crippen LogP contribution in [0.15, 0.2) is 34.8 Å². The van der Waals surface area contributed by atoms with Gasteiger partial charge < -0.3 is 15.0 Å². The second kappa shape index (κ2) is 9.00. The second-order valence-electron chi connectivity index (χ2n) is 7.74. The number of aryl methyl sites for hydroxylation is 4. The van der Waals surface area contributed by atoms with Crippen LogP contribution in [0.4, 0.5) is 11.4 Å². The van der Waals surface area contributed by atoms with Crippen LogP contribution in [0.1, 0.15) is 28.7 Å². The lowest BCUT2D eigenvalue weighted by atomic mass is 10.1. The van der Waals surface area contributed by atoms with Crippen LogP contribution in [0, 0.1) is 33.6 Å². The summed E-state index contributed by atoms with van der Waals surface area (Å²) in [5.41, 5.74) is 5.53. The van der Waals surface area contributed by atoms with E-state index in [-0.39, 0.29) is 25.5 Å². The number of nitrogens with zero attached hydrogens (tertiary/aromatic N) is 1. The van der Waals surface area contributed by atoms with Crippen molar-refractivity contribution in [2.45, 2.75) is 34.1 Å². The highest BCUT2D eigenvalue weighted by Gasteiger charge is 2.36. The smallest absolute Gasteiger partial charge is 0.311 e. The van der Waals surface area contributed by atoms with E-state index in [4.69, 9.17) is 4.74 Å². The third-order valence-electron chi connectivity index (χ3n) is 5.37. The normalized spacial score (nSPS) is 16.0. The molecule has 0 aliphatic carbocycles. The number of carbonyl (C=O) groups excluding carboxylic acids is 3. The largest absolute Gasteiger partial charge is 0.455 e. The fourth-order valence-electron chi connectivity index (χ4n) is 3.55. The van der Waals surface area contributed by atoms with Gasteiger partial charge in [0.2, 0.25) is 5.91 Å². The minimum Gasteiger partial charge on any atom is -0.455 e. The van der Waals surface area contributed by atoms with Crippen molar-refractivity contribution in [1.82, 2.24) is 0 Å². The van der Waals surface area contributed by atoms with Gasteiger partial charge in [0.25, 0.3) is 5.91 Å². The summed E-state index contributed by atoms with van der Waals surface area (Å²) in [7, 11) is 0. The number of carbonyl (C=O) groups is 3. The zero-order chi connectivity index (χ0) is 22.0. The molecule has 3 rings (SSSR count). The van der Waals surface area contributed by atoms with E-state index >= 15 is 0 Å². The minimum absolute atomic E-state index is 0.0817. The number of esters is 1. The van der Waals surface area contributed by atoms with Crippen LogP contribution in [0.5, 0.6) is 0 Å². The van der Waals surface area contributed by atoms with Crippen molar-refractivity contribution >= 4 is 45.1 Å². The first-order valence-electron chi connectivity index (χ1n) is 9.76. The lowest BCUT2D eigenvalue weighted by molar-refractivity contribution is -0.151. The standard InChI is InChI=1S/C23H25BrN2O4/c1-13-5-6-19(9-14(13)2)26-11-17(10-21(26)28)23(29)30-12-20(27)25-22-15(3)7-18(24)8-16(22)4/h5-9,17H,10-12H2,1-4H3,(H,25,27)/t17-/m0/s1. The quantitative estimate of drug-likeness (QED) is 0.660. The van der Waals surface area contributed by atoms with E-state index in [2.05, 4.69) is 21.2 Å². The fourth-order valence-corrected chi connectivity index (χ4v) is 4.23. The molecule has 0 spiro atoms. The maximum absolute atomic E-state index is 12.4. The topological polar surface area (TPSA) is 75.7 Å². The van der Waals surface area contributed by atoms with E-state index in [0.717, 1.165) is 32.4 Å². The minimum atomic E-state index is -0.580. The molecule has 158 valence electrons. The average molecular weight is 473 g/mol. The third-order valence-corrected chi connectivity index (χ3v) is 5.83. The van der Waals surface area contributed by atoms with Gasteiger partial charge in [-0.3, -0.25) is 14.4 Å². The lowest BCUT2D eigenvalue weighted by Crippen LogP contribution is -2.28. The molecule has 1 heterocycles. The van der Waals surface area contributed by atoms with E-state index in [1.165, 1.54) is 0 Å². The summed E-state index contributed by atoms with van der Waals surface area (Å²) >= 11 is 3.42. The van der Waals surface area contributed by atoms with Crippen LogP contribution in [-0.2, 0) is 19.1 Å². The molecular weight excluding hydrogens is 448 g/mol. The van der Waals surface area contributed by atoms with Gasteiger partial charge in [0, 0.05) is 28.8 Å². The Morgan fingerprint density at radius 3 is 2.37 bits per heavy atom. The van der Waals surface area contributed by atoms with Crippen LogP contribution < -0.4 is 10.2 Å². The molecule has 7 heteroatoms. The van der Waals surface area contributed by atoms with Crippen LogP contribution in [-0.4, -0.2) is 30.9 Å². The molecule has 2 aromatic rings. The predicted octanol–water partition coefficient (Wildman–Crippen LogP) is 4.22. The van der Waals surface area contributed by atoms with E-state index in [1.54, 1.807) is 4.90 Å². The number of benzene rings is 2. The second-order valence-corrected chi connectivity index (χ2v) is 8.66. The SMILES string of the molecule is Cc1ccc(N2C[C@@H](C(=O)OCC(=O)Nc3c(C)cc(Br)cc3C)CC2=O)cc1C. The molecule has 1 aliphatic rings. The molecule has 0 aromatic heterocycles. The summed E-state index contributed by atoms with van der Waals surface area (Å²) in [5, 5.41) is 2.79. The Morgan fingerprint density at radius 2 is 1.73 bits per heavy atom. The molecule has 0 bridgehead atoms. The summed E-state index contributed by atoms with van der Waals surface area (Å²) in [6.45, 7) is 7.65. The van der Waals surface area contributed by atoms with Gasteiger partial charge >= 0.3 is 5.97 Å². The Balaban J connectivity index is 1.57. The molecular formula is C23H25BrN2O4. The highest BCUT2D eigenvalue weighted by Crippen LogP contribution is 2.28. The number of halogens is 1. The van der Waals surface area contributed by atoms with Crippen molar-refractivity contribution in [3.05, 3.63) is 57.1 Å². The zero-order valence-corrected chi connectivity index (χ0v) is 19.1. The van der Waals surface area contributed by atoms with Crippen molar-refractivity contribution in [2.24, 2.45) is 5.92 Å². The number of hydrogen-bond acceptors (Lipinski definition) is 4. The molecule has 1 N–H and O–H groups in total. The van der Waals surface area contributed by atoms with Gasteiger partial charge in [-0.15, -0.1) is 0 Å². The van der Waals surface area contributed by atoms with Gasteiger partial charge in [-0.05, 0) is 74.2 Å². The fraction of sp³-hybridized carbons (Fsp3) is 0.348. The summed E-state index contributed by atoms with van der Waals surface area (Å²) in [6.07, 6.45) is 0.0817. The van der Waals surface area contributed by atoms with E-state index < -0.39 is 17.8 Å². The first kappa shape index (κ1) is 22.0. The molecule has 1 atom stereocenters. The molecule has 2 amide bonds. The van der Waals surface area contributed by atoms with Crippen molar-refractivity contribution < 1.29 is 19.1 Å². The van der Waals surface area contributed by atoms with Gasteiger partial charge in [-0.1, -0.05) is 22.0 Å². The highest BCUT2D eigenvalue weighted by molar-refractivity contribution is 9.10. The average Bonchev–Trinajstić information content (AvgIpc) is 3.06. The van der Waals surface area contributed by atoms with Gasteiger partial charge in [0.05, 0.1) is 5.92 Å². The molecule has 1 aliphatic heterocycles. The van der Waals surface area contributed by atoms with Crippen molar-refractivity contribution in [3.8, 4) is 0 Å². The Bertz CT molecular complexity index is 995. The Morgan fingerprint density at radius 1 is 1.07 bits per heavy atom. The van der Waals surface area contributed by atoms with Crippen molar-refractivity contribution in [2.75, 3.05) is 23.4 Å². The zero-order valence-electron chi connectivity index (χ0n) is 17.5. The van der Waals surface area contributed by atoms with Gasteiger partial charge in [0.1, 0.15) is 0 Å². The maximum atomic E-state index is 12.4. The number of amides is 2. The first-order valence-corrected chi connectivity index (χ1v) is 10.6. The van der Waals surface area contributed by atoms with Gasteiger partial charge in [-0.25, -0.2) is 0 Å². The maximum Gasteiger partial charge on any atom is 0.311 e. The lowest BCUT2D eigenvalue weighted by Gasteiger charge is -2.18. The van der Waals surface area contributed by atoms with Crippen LogP contribution in [0.2, 0.25) is 0 Å². The Kier molecular flexibility index (Phi) is 6.61. The van der Waals surface area contributed by atoms with E-state index in [1.807, 2.05) is 58.0 Å².